The monoisotopic (exact) mass is 524 g/mol. The Morgan fingerprint density at radius 2 is 1.71 bits per heavy atom. The van der Waals surface area contributed by atoms with Crippen molar-refractivity contribution in [2.24, 2.45) is 51.8 Å². The summed E-state index contributed by atoms with van der Waals surface area (Å²) < 4.78 is 5.93. The highest BCUT2D eigenvalue weighted by Crippen LogP contribution is 2.66. The second kappa shape index (κ2) is 10.6. The summed E-state index contributed by atoms with van der Waals surface area (Å²) >= 11 is 0. The number of allylic oxidation sites excluding steroid dienone is 6. The van der Waals surface area contributed by atoms with Gasteiger partial charge in [-0.1, -0.05) is 90.8 Å². The van der Waals surface area contributed by atoms with Crippen LogP contribution in [0.5, 0.6) is 0 Å². The highest BCUT2D eigenvalue weighted by atomic mass is 16.5. The van der Waals surface area contributed by atoms with E-state index in [1.807, 2.05) is 0 Å². The van der Waals surface area contributed by atoms with Crippen LogP contribution in [0.2, 0.25) is 0 Å². The highest BCUT2D eigenvalue weighted by molar-refractivity contribution is 5.76. The van der Waals surface area contributed by atoms with Crippen molar-refractivity contribution in [1.29, 1.82) is 0 Å². The zero-order valence-corrected chi connectivity index (χ0v) is 25.2. The first-order valence-electron chi connectivity index (χ1n) is 15.2. The molecule has 1 saturated carbocycles. The summed E-state index contributed by atoms with van der Waals surface area (Å²) in [7, 11) is 0. The van der Waals surface area contributed by atoms with Crippen LogP contribution in [0.4, 0.5) is 0 Å². The third kappa shape index (κ3) is 5.06. The lowest BCUT2D eigenvalue weighted by molar-refractivity contribution is -0.170. The Morgan fingerprint density at radius 3 is 2.37 bits per heavy atom. The number of carboxylic acid groups (broad SMARTS) is 1. The maximum absolute atomic E-state index is 12.4. The summed E-state index contributed by atoms with van der Waals surface area (Å²) in [6.07, 6.45) is 16.3. The fourth-order valence-electron chi connectivity index (χ4n) is 8.90. The summed E-state index contributed by atoms with van der Waals surface area (Å²) in [4.78, 5) is 23.3. The molecule has 4 aliphatic carbocycles. The number of hydrogen-bond acceptors (Lipinski definition) is 3. The van der Waals surface area contributed by atoms with Crippen LogP contribution < -0.4 is 0 Å². The molecule has 0 heterocycles. The molecule has 0 aliphatic heterocycles. The Morgan fingerprint density at radius 1 is 1.00 bits per heavy atom. The summed E-state index contributed by atoms with van der Waals surface area (Å²) in [6.45, 7) is 18.9. The van der Waals surface area contributed by atoms with Crippen molar-refractivity contribution in [1.82, 2.24) is 0 Å². The van der Waals surface area contributed by atoms with Gasteiger partial charge in [-0.15, -0.1) is 0 Å². The molecule has 0 aromatic rings. The number of ether oxygens (including phenoxy) is 1. The van der Waals surface area contributed by atoms with Crippen LogP contribution in [0.25, 0.3) is 0 Å². The number of carbonyl (C=O) groups is 2. The summed E-state index contributed by atoms with van der Waals surface area (Å²) in [5, 5.41) is 8.95. The second-order valence-electron chi connectivity index (χ2n) is 14.5. The normalized spacial score (nSPS) is 37.5. The van der Waals surface area contributed by atoms with Gasteiger partial charge in [0, 0.05) is 11.3 Å². The predicted molar refractivity (Wildman–Crippen MR) is 153 cm³/mol. The SMILES string of the molecule is CC(C)[C@@H](C)C=C[C@@H](C)[C@H]1C=C[C@@H]2C3=C(CC[C@@]21C)[C@@]1(C)CC[C@H](OC(=O)CCC(=O)O)C(C)(C)[C@@H]1CC3. The van der Waals surface area contributed by atoms with Crippen molar-refractivity contribution in [3.05, 3.63) is 35.5 Å². The smallest absolute Gasteiger partial charge is 0.306 e. The lowest BCUT2D eigenvalue weighted by Gasteiger charge is -2.60. The summed E-state index contributed by atoms with van der Waals surface area (Å²) in [5.41, 5.74) is 3.73. The van der Waals surface area contributed by atoms with Crippen LogP contribution in [0.15, 0.2) is 35.5 Å². The van der Waals surface area contributed by atoms with Gasteiger partial charge in [0.05, 0.1) is 12.8 Å². The van der Waals surface area contributed by atoms with E-state index in [4.69, 9.17) is 9.84 Å². The molecule has 0 bridgehead atoms. The van der Waals surface area contributed by atoms with Gasteiger partial charge in [0.15, 0.2) is 0 Å². The fraction of sp³-hybridized carbons (Fsp3) is 0.765. The van der Waals surface area contributed by atoms with Crippen molar-refractivity contribution in [3.8, 4) is 0 Å². The predicted octanol–water partition coefficient (Wildman–Crippen LogP) is 8.38. The number of hydrogen-bond donors (Lipinski definition) is 1. The van der Waals surface area contributed by atoms with E-state index in [1.54, 1.807) is 11.1 Å². The number of rotatable bonds is 8. The first-order valence-corrected chi connectivity index (χ1v) is 15.2. The number of fused-ring (bicyclic) bond motifs is 4. The third-order valence-electron chi connectivity index (χ3n) is 11.6. The van der Waals surface area contributed by atoms with Gasteiger partial charge in [-0.05, 0) is 78.9 Å². The molecule has 4 rings (SSSR count). The van der Waals surface area contributed by atoms with Gasteiger partial charge in [0.1, 0.15) is 6.10 Å². The van der Waals surface area contributed by atoms with Gasteiger partial charge in [-0.2, -0.15) is 0 Å². The van der Waals surface area contributed by atoms with Crippen molar-refractivity contribution in [3.63, 3.8) is 0 Å². The number of esters is 1. The first-order chi connectivity index (χ1) is 17.7. The van der Waals surface area contributed by atoms with Gasteiger partial charge in [-0.25, -0.2) is 0 Å². The van der Waals surface area contributed by atoms with Crippen molar-refractivity contribution in [2.45, 2.75) is 113 Å². The standard InChI is InChI=1S/C34H52O4/c1-21(2)22(3)9-10-23(4)25-12-13-26-24-11-14-28-32(5,6)29(38-31(37)16-15-30(35)36)18-20-34(28,8)27(24)17-19-33(25,26)7/h9-10,12-13,21-23,25-26,28-29H,11,14-20H2,1-8H3,(H,35,36)/t22-,23+,25+,26+,28-,29-,33+,34+/m0/s1. The number of aliphatic carboxylic acids is 1. The molecule has 0 unspecified atom stereocenters. The summed E-state index contributed by atoms with van der Waals surface area (Å²) in [6, 6.07) is 0. The van der Waals surface area contributed by atoms with Gasteiger partial charge in [-0.3, -0.25) is 9.59 Å². The van der Waals surface area contributed by atoms with Crippen LogP contribution in [0.3, 0.4) is 0 Å². The van der Waals surface area contributed by atoms with E-state index in [-0.39, 0.29) is 35.7 Å². The molecule has 38 heavy (non-hydrogen) atoms. The molecule has 1 fully saturated rings. The van der Waals surface area contributed by atoms with Crippen LogP contribution in [-0.2, 0) is 14.3 Å². The van der Waals surface area contributed by atoms with E-state index >= 15 is 0 Å². The topological polar surface area (TPSA) is 63.6 Å². The molecule has 0 aromatic carbocycles. The Kier molecular flexibility index (Phi) is 8.15. The van der Waals surface area contributed by atoms with Gasteiger partial charge >= 0.3 is 11.9 Å². The van der Waals surface area contributed by atoms with E-state index in [9.17, 15) is 9.59 Å². The van der Waals surface area contributed by atoms with Crippen LogP contribution in [0.1, 0.15) is 107 Å². The number of carbonyl (C=O) groups excluding carboxylic acids is 1. The molecule has 0 saturated heterocycles. The molecular weight excluding hydrogens is 472 g/mol. The third-order valence-corrected chi connectivity index (χ3v) is 11.6. The minimum absolute atomic E-state index is 0.0447. The molecular formula is C34H52O4. The molecule has 4 heteroatoms. The zero-order valence-electron chi connectivity index (χ0n) is 25.2. The van der Waals surface area contributed by atoms with E-state index in [2.05, 4.69) is 79.7 Å². The lowest BCUT2D eigenvalue weighted by Crippen LogP contribution is -2.54. The Labute approximate surface area is 231 Å². The Bertz CT molecular complexity index is 1020. The van der Waals surface area contributed by atoms with E-state index in [0.29, 0.717) is 40.9 Å². The van der Waals surface area contributed by atoms with E-state index < -0.39 is 5.97 Å². The minimum Gasteiger partial charge on any atom is -0.481 e. The maximum atomic E-state index is 12.4. The highest BCUT2D eigenvalue weighted by Gasteiger charge is 2.59. The van der Waals surface area contributed by atoms with Crippen LogP contribution in [0, 0.1) is 51.8 Å². The molecule has 212 valence electrons. The van der Waals surface area contributed by atoms with Crippen LogP contribution >= 0.6 is 0 Å². The molecule has 0 aromatic heterocycles. The maximum Gasteiger partial charge on any atom is 0.306 e. The van der Waals surface area contributed by atoms with E-state index in [0.717, 1.165) is 25.7 Å². The molecule has 4 aliphatic rings. The first kappa shape index (κ1) is 29.2. The van der Waals surface area contributed by atoms with E-state index in [1.165, 1.54) is 12.8 Å². The zero-order chi connectivity index (χ0) is 28.0. The molecule has 1 N–H and O–H groups in total. The minimum atomic E-state index is -0.952. The largest absolute Gasteiger partial charge is 0.481 e. The Balaban J connectivity index is 1.53. The molecule has 0 radical (unpaired) electrons. The van der Waals surface area contributed by atoms with Crippen molar-refractivity contribution < 1.29 is 19.4 Å². The quantitative estimate of drug-likeness (QED) is 0.256. The molecule has 0 amide bonds. The average Bonchev–Trinajstić information content (AvgIpc) is 3.20. The average molecular weight is 525 g/mol. The Hall–Kier alpha value is -1.84. The fourth-order valence-corrected chi connectivity index (χ4v) is 8.90. The molecule has 0 spiro atoms. The van der Waals surface area contributed by atoms with Gasteiger partial charge in [0.25, 0.3) is 0 Å². The van der Waals surface area contributed by atoms with Crippen molar-refractivity contribution >= 4 is 11.9 Å². The van der Waals surface area contributed by atoms with Gasteiger partial charge < -0.3 is 9.84 Å². The lowest BCUT2D eigenvalue weighted by atomic mass is 9.45. The van der Waals surface area contributed by atoms with Crippen molar-refractivity contribution in [2.75, 3.05) is 0 Å². The second-order valence-corrected chi connectivity index (χ2v) is 14.5. The molecule has 8 atom stereocenters. The van der Waals surface area contributed by atoms with Crippen LogP contribution in [-0.4, -0.2) is 23.1 Å². The molecule has 4 nitrogen and oxygen atoms in total. The summed E-state index contributed by atoms with van der Waals surface area (Å²) in [5.74, 6) is 2.09. The van der Waals surface area contributed by atoms with Gasteiger partial charge in [0.2, 0.25) is 0 Å². The number of carboxylic acids is 1.